The van der Waals surface area contributed by atoms with Crippen molar-refractivity contribution in [3.05, 3.63) is 89.5 Å². The van der Waals surface area contributed by atoms with Gasteiger partial charge < -0.3 is 4.57 Å². The summed E-state index contributed by atoms with van der Waals surface area (Å²) in [5.74, 6) is -0.110. The van der Waals surface area contributed by atoms with Gasteiger partial charge >= 0.3 is 0 Å². The van der Waals surface area contributed by atoms with Crippen LogP contribution >= 0.6 is 0 Å². The first-order chi connectivity index (χ1) is 12.2. The number of hydrogen-bond acceptors (Lipinski definition) is 3. The van der Waals surface area contributed by atoms with Crippen molar-refractivity contribution in [3.63, 3.8) is 0 Å². The van der Waals surface area contributed by atoms with Gasteiger partial charge in [-0.1, -0.05) is 48.5 Å². The SMILES string of the molecule is O=C1NC(=O)c2ccccc2/C1=C/c1nccn1Cc1ccccc1. The van der Waals surface area contributed by atoms with E-state index in [0.29, 0.717) is 29.1 Å². The average Bonchev–Trinajstić information content (AvgIpc) is 3.06. The Morgan fingerprint density at radius 3 is 2.44 bits per heavy atom. The van der Waals surface area contributed by atoms with Gasteiger partial charge in [-0.2, -0.15) is 0 Å². The van der Waals surface area contributed by atoms with Crippen LogP contribution in [0.5, 0.6) is 0 Å². The van der Waals surface area contributed by atoms with E-state index in [1.54, 1.807) is 30.5 Å². The van der Waals surface area contributed by atoms with Crippen LogP contribution in [0, 0.1) is 0 Å². The van der Waals surface area contributed by atoms with Gasteiger partial charge in [-0.3, -0.25) is 14.9 Å². The molecule has 122 valence electrons. The lowest BCUT2D eigenvalue weighted by Crippen LogP contribution is -2.36. The van der Waals surface area contributed by atoms with Crippen molar-refractivity contribution in [1.29, 1.82) is 0 Å². The highest BCUT2D eigenvalue weighted by atomic mass is 16.2. The third-order valence-electron chi connectivity index (χ3n) is 4.15. The number of fused-ring (bicyclic) bond motifs is 1. The monoisotopic (exact) mass is 329 g/mol. The van der Waals surface area contributed by atoms with E-state index in [4.69, 9.17) is 0 Å². The van der Waals surface area contributed by atoms with E-state index < -0.39 is 5.91 Å². The van der Waals surface area contributed by atoms with Crippen molar-refractivity contribution in [1.82, 2.24) is 14.9 Å². The highest BCUT2D eigenvalue weighted by molar-refractivity contribution is 6.33. The van der Waals surface area contributed by atoms with E-state index >= 15 is 0 Å². The van der Waals surface area contributed by atoms with Crippen LogP contribution in [0.1, 0.15) is 27.3 Å². The van der Waals surface area contributed by atoms with Crippen LogP contribution in [0.15, 0.2) is 67.0 Å². The maximum atomic E-state index is 12.3. The Kier molecular flexibility index (Phi) is 3.74. The van der Waals surface area contributed by atoms with Crippen molar-refractivity contribution in [2.45, 2.75) is 6.54 Å². The fraction of sp³-hybridized carbons (Fsp3) is 0.0500. The van der Waals surface area contributed by atoms with Crippen LogP contribution in [-0.2, 0) is 11.3 Å². The molecule has 5 nitrogen and oxygen atoms in total. The molecule has 2 amide bonds. The molecule has 0 saturated heterocycles. The van der Waals surface area contributed by atoms with E-state index in [1.165, 1.54) is 0 Å². The Morgan fingerprint density at radius 2 is 1.64 bits per heavy atom. The lowest BCUT2D eigenvalue weighted by Gasteiger charge is -2.18. The number of imidazole rings is 1. The molecular formula is C20H15N3O2. The Bertz CT molecular complexity index is 987. The van der Waals surface area contributed by atoms with Crippen molar-refractivity contribution in [2.75, 3.05) is 0 Å². The predicted molar refractivity (Wildman–Crippen MR) is 94.6 cm³/mol. The highest BCUT2D eigenvalue weighted by Gasteiger charge is 2.27. The molecule has 2 aromatic carbocycles. The summed E-state index contributed by atoms with van der Waals surface area (Å²) in [6.45, 7) is 0.655. The fourth-order valence-corrected chi connectivity index (χ4v) is 2.92. The number of carbonyl (C=O) groups is 2. The molecule has 1 aliphatic rings. The number of benzene rings is 2. The first-order valence-electron chi connectivity index (χ1n) is 7.94. The molecule has 1 aromatic heterocycles. The largest absolute Gasteiger partial charge is 0.327 e. The maximum Gasteiger partial charge on any atom is 0.258 e. The zero-order valence-corrected chi connectivity index (χ0v) is 13.3. The molecule has 0 fully saturated rings. The molecule has 3 aromatic rings. The summed E-state index contributed by atoms with van der Waals surface area (Å²) in [6, 6.07) is 17.1. The van der Waals surface area contributed by atoms with E-state index in [2.05, 4.69) is 10.3 Å². The predicted octanol–water partition coefficient (Wildman–Crippen LogP) is 2.74. The summed E-state index contributed by atoms with van der Waals surface area (Å²) < 4.78 is 1.97. The molecule has 0 aliphatic carbocycles. The summed E-state index contributed by atoms with van der Waals surface area (Å²) >= 11 is 0. The minimum absolute atomic E-state index is 0.370. The Labute approximate surface area is 144 Å². The van der Waals surface area contributed by atoms with Gasteiger partial charge in [0, 0.05) is 30.1 Å². The lowest BCUT2D eigenvalue weighted by atomic mass is 9.94. The van der Waals surface area contributed by atoms with Crippen LogP contribution in [0.25, 0.3) is 11.6 Å². The van der Waals surface area contributed by atoms with Gasteiger partial charge in [-0.25, -0.2) is 4.98 Å². The zero-order chi connectivity index (χ0) is 17.2. The second-order valence-electron chi connectivity index (χ2n) is 5.79. The Hall–Kier alpha value is -3.47. The number of rotatable bonds is 3. The molecule has 25 heavy (non-hydrogen) atoms. The number of aromatic nitrogens is 2. The summed E-state index contributed by atoms with van der Waals surface area (Å²) in [7, 11) is 0. The molecule has 2 heterocycles. The lowest BCUT2D eigenvalue weighted by molar-refractivity contribution is -0.114. The van der Waals surface area contributed by atoms with Crippen molar-refractivity contribution in [2.24, 2.45) is 0 Å². The van der Waals surface area contributed by atoms with Crippen LogP contribution in [0.4, 0.5) is 0 Å². The number of nitrogens with zero attached hydrogens (tertiary/aromatic N) is 2. The second-order valence-corrected chi connectivity index (χ2v) is 5.79. The van der Waals surface area contributed by atoms with Gasteiger partial charge in [0.1, 0.15) is 5.82 Å². The standard InChI is InChI=1S/C20H15N3O2/c24-19-16-9-5-4-8-15(16)17(20(25)22-19)12-18-21-10-11-23(18)13-14-6-2-1-3-7-14/h1-12H,13H2,(H,22,24,25)/b17-12-. The zero-order valence-electron chi connectivity index (χ0n) is 13.3. The Balaban J connectivity index is 1.75. The van der Waals surface area contributed by atoms with Crippen molar-refractivity contribution >= 4 is 23.5 Å². The summed E-state index contributed by atoms with van der Waals surface area (Å²) in [6.07, 6.45) is 5.30. The first-order valence-corrected chi connectivity index (χ1v) is 7.94. The van der Waals surface area contributed by atoms with Gasteiger partial charge in [0.2, 0.25) is 0 Å². The average molecular weight is 329 g/mol. The molecule has 5 heteroatoms. The van der Waals surface area contributed by atoms with E-state index in [9.17, 15) is 9.59 Å². The van der Waals surface area contributed by atoms with Gasteiger partial charge in [-0.05, 0) is 17.7 Å². The quantitative estimate of drug-likeness (QED) is 0.593. The highest BCUT2D eigenvalue weighted by Crippen LogP contribution is 2.25. The maximum absolute atomic E-state index is 12.3. The van der Waals surface area contributed by atoms with Gasteiger partial charge in [0.15, 0.2) is 0 Å². The normalized spacial score (nSPS) is 15.1. The molecule has 0 saturated carbocycles. The molecule has 4 rings (SSSR count). The molecule has 0 spiro atoms. The molecule has 0 bridgehead atoms. The first kappa shape index (κ1) is 15.1. The summed E-state index contributed by atoms with van der Waals surface area (Å²) in [5.41, 5.74) is 2.71. The molecule has 1 aliphatic heterocycles. The van der Waals surface area contributed by atoms with E-state index in [0.717, 1.165) is 5.56 Å². The van der Waals surface area contributed by atoms with Crippen LogP contribution in [0.2, 0.25) is 0 Å². The van der Waals surface area contributed by atoms with Crippen LogP contribution in [0.3, 0.4) is 0 Å². The number of carbonyl (C=O) groups excluding carboxylic acids is 2. The van der Waals surface area contributed by atoms with Crippen LogP contribution < -0.4 is 5.32 Å². The van der Waals surface area contributed by atoms with E-state index in [1.807, 2.05) is 47.2 Å². The number of hydrogen-bond donors (Lipinski definition) is 1. The molecular weight excluding hydrogens is 314 g/mol. The Morgan fingerprint density at radius 1 is 0.920 bits per heavy atom. The summed E-state index contributed by atoms with van der Waals surface area (Å²) in [5, 5.41) is 2.38. The molecule has 0 atom stereocenters. The smallest absolute Gasteiger partial charge is 0.258 e. The third-order valence-corrected chi connectivity index (χ3v) is 4.15. The fourth-order valence-electron chi connectivity index (χ4n) is 2.92. The number of imide groups is 1. The summed E-state index contributed by atoms with van der Waals surface area (Å²) in [4.78, 5) is 28.7. The molecule has 0 radical (unpaired) electrons. The topological polar surface area (TPSA) is 64.0 Å². The molecule has 0 unspecified atom stereocenters. The van der Waals surface area contributed by atoms with Gasteiger partial charge in [-0.15, -0.1) is 0 Å². The second kappa shape index (κ2) is 6.20. The van der Waals surface area contributed by atoms with E-state index in [-0.39, 0.29) is 5.91 Å². The van der Waals surface area contributed by atoms with Crippen molar-refractivity contribution < 1.29 is 9.59 Å². The number of amides is 2. The minimum Gasteiger partial charge on any atom is -0.327 e. The van der Waals surface area contributed by atoms with Crippen molar-refractivity contribution in [3.8, 4) is 0 Å². The van der Waals surface area contributed by atoms with Crippen LogP contribution in [-0.4, -0.2) is 21.4 Å². The molecule has 1 N–H and O–H groups in total. The number of nitrogens with one attached hydrogen (secondary N) is 1. The van der Waals surface area contributed by atoms with Gasteiger partial charge in [0.25, 0.3) is 11.8 Å². The third kappa shape index (κ3) is 2.87. The van der Waals surface area contributed by atoms with Gasteiger partial charge in [0.05, 0.1) is 5.57 Å². The minimum atomic E-state index is -0.405.